The molecule has 0 heterocycles. The summed E-state index contributed by atoms with van der Waals surface area (Å²) in [5.41, 5.74) is -0.951. The summed E-state index contributed by atoms with van der Waals surface area (Å²) in [5.74, 6) is -1.51. The van der Waals surface area contributed by atoms with Gasteiger partial charge in [-0.3, -0.25) is 4.79 Å². The van der Waals surface area contributed by atoms with E-state index in [0.717, 1.165) is 6.42 Å². The van der Waals surface area contributed by atoms with Crippen molar-refractivity contribution in [2.45, 2.75) is 24.7 Å². The van der Waals surface area contributed by atoms with E-state index < -0.39 is 17.2 Å². The monoisotopic (exact) mass is 228 g/mol. The van der Waals surface area contributed by atoms with Crippen LogP contribution >= 0.6 is 11.6 Å². The van der Waals surface area contributed by atoms with E-state index in [0.29, 0.717) is 12.8 Å². The number of hydrogen-bond donors (Lipinski definition) is 1. The normalized spacial score (nSPS) is 18.3. The topological polar surface area (TPSA) is 37.3 Å². The molecule has 0 amide bonds. The summed E-state index contributed by atoms with van der Waals surface area (Å²) in [7, 11) is 0. The Bertz CT molecular complexity index is 393. The van der Waals surface area contributed by atoms with Gasteiger partial charge in [0, 0.05) is 10.6 Å². The van der Waals surface area contributed by atoms with Crippen molar-refractivity contribution in [1.82, 2.24) is 0 Å². The van der Waals surface area contributed by atoms with Gasteiger partial charge in [-0.1, -0.05) is 24.1 Å². The Morgan fingerprint density at radius 1 is 1.47 bits per heavy atom. The van der Waals surface area contributed by atoms with Crippen molar-refractivity contribution in [1.29, 1.82) is 0 Å². The average molecular weight is 229 g/mol. The van der Waals surface area contributed by atoms with Gasteiger partial charge in [-0.2, -0.15) is 0 Å². The third-order valence-corrected chi connectivity index (χ3v) is 3.37. The molecule has 4 heteroatoms. The third-order valence-electron chi connectivity index (χ3n) is 3.06. The van der Waals surface area contributed by atoms with Crippen molar-refractivity contribution >= 4 is 17.6 Å². The van der Waals surface area contributed by atoms with E-state index in [4.69, 9.17) is 16.7 Å². The van der Waals surface area contributed by atoms with Gasteiger partial charge < -0.3 is 5.11 Å². The summed E-state index contributed by atoms with van der Waals surface area (Å²) in [4.78, 5) is 11.2. The largest absolute Gasteiger partial charge is 0.481 e. The van der Waals surface area contributed by atoms with Gasteiger partial charge in [0.2, 0.25) is 0 Å². The molecular formula is C11H10ClFO2. The highest BCUT2D eigenvalue weighted by Crippen LogP contribution is 2.47. The van der Waals surface area contributed by atoms with Crippen molar-refractivity contribution in [2.24, 2.45) is 0 Å². The van der Waals surface area contributed by atoms with Crippen LogP contribution < -0.4 is 0 Å². The van der Waals surface area contributed by atoms with Crippen LogP contribution in [0.2, 0.25) is 5.02 Å². The lowest BCUT2D eigenvalue weighted by Crippen LogP contribution is -2.43. The zero-order valence-electron chi connectivity index (χ0n) is 7.96. The number of carbonyl (C=O) groups is 1. The first-order valence-corrected chi connectivity index (χ1v) is 5.13. The summed E-state index contributed by atoms with van der Waals surface area (Å²) < 4.78 is 13.6. The molecule has 0 bridgehead atoms. The van der Waals surface area contributed by atoms with Gasteiger partial charge in [-0.05, 0) is 25.0 Å². The molecule has 0 saturated heterocycles. The van der Waals surface area contributed by atoms with Gasteiger partial charge >= 0.3 is 5.97 Å². The zero-order chi connectivity index (χ0) is 11.1. The number of benzene rings is 1. The molecule has 1 fully saturated rings. The van der Waals surface area contributed by atoms with Gasteiger partial charge in [0.05, 0.1) is 5.41 Å². The molecule has 0 spiro atoms. The van der Waals surface area contributed by atoms with Gasteiger partial charge in [0.1, 0.15) is 5.82 Å². The Hall–Kier alpha value is -1.09. The van der Waals surface area contributed by atoms with E-state index in [9.17, 15) is 9.18 Å². The Morgan fingerprint density at radius 2 is 2.13 bits per heavy atom. The molecule has 1 aromatic carbocycles. The molecule has 1 saturated carbocycles. The van der Waals surface area contributed by atoms with Crippen LogP contribution in [0.3, 0.4) is 0 Å². The molecular weight excluding hydrogens is 219 g/mol. The molecule has 15 heavy (non-hydrogen) atoms. The highest BCUT2D eigenvalue weighted by Gasteiger charge is 2.48. The van der Waals surface area contributed by atoms with Crippen LogP contribution in [0.25, 0.3) is 0 Å². The fraction of sp³-hybridized carbons (Fsp3) is 0.364. The molecule has 2 rings (SSSR count). The van der Waals surface area contributed by atoms with Gasteiger partial charge in [0.25, 0.3) is 0 Å². The van der Waals surface area contributed by atoms with Gasteiger partial charge in [-0.15, -0.1) is 0 Å². The van der Waals surface area contributed by atoms with Crippen molar-refractivity contribution in [3.63, 3.8) is 0 Å². The first kappa shape index (κ1) is 10.4. The first-order valence-electron chi connectivity index (χ1n) is 4.76. The van der Waals surface area contributed by atoms with Crippen LogP contribution in [0.1, 0.15) is 24.8 Å². The second kappa shape index (κ2) is 3.49. The molecule has 0 aromatic heterocycles. The minimum absolute atomic E-state index is 0.144. The highest BCUT2D eigenvalue weighted by atomic mass is 35.5. The zero-order valence-corrected chi connectivity index (χ0v) is 8.72. The summed E-state index contributed by atoms with van der Waals surface area (Å²) in [6.45, 7) is 0. The van der Waals surface area contributed by atoms with Gasteiger partial charge in [-0.25, -0.2) is 4.39 Å². The Morgan fingerprint density at radius 3 is 2.53 bits per heavy atom. The van der Waals surface area contributed by atoms with E-state index in [1.54, 1.807) is 0 Å². The summed E-state index contributed by atoms with van der Waals surface area (Å²) >= 11 is 5.87. The van der Waals surface area contributed by atoms with E-state index in [1.165, 1.54) is 18.2 Å². The molecule has 2 nitrogen and oxygen atoms in total. The SMILES string of the molecule is O=C(O)C1(c2c(F)cccc2Cl)CCC1. The molecule has 0 radical (unpaired) electrons. The number of aliphatic carboxylic acids is 1. The third kappa shape index (κ3) is 1.42. The molecule has 1 aromatic rings. The van der Waals surface area contributed by atoms with Crippen molar-refractivity contribution in [2.75, 3.05) is 0 Å². The Labute approximate surface area is 91.7 Å². The highest BCUT2D eigenvalue weighted by molar-refractivity contribution is 6.31. The van der Waals surface area contributed by atoms with Crippen LogP contribution in [-0.2, 0) is 10.2 Å². The lowest BCUT2D eigenvalue weighted by atomic mass is 9.64. The quantitative estimate of drug-likeness (QED) is 0.845. The summed E-state index contributed by atoms with van der Waals surface area (Å²) in [6, 6.07) is 4.27. The van der Waals surface area contributed by atoms with E-state index in [1.807, 2.05) is 0 Å². The molecule has 0 aliphatic heterocycles. The molecule has 1 aliphatic rings. The predicted octanol–water partition coefficient (Wildman–Crippen LogP) is 2.99. The van der Waals surface area contributed by atoms with Crippen LogP contribution in [0.5, 0.6) is 0 Å². The standard InChI is InChI=1S/C11H10ClFO2/c12-7-3-1-4-8(13)9(7)11(10(14)15)5-2-6-11/h1,3-4H,2,5-6H2,(H,14,15). The first-order chi connectivity index (χ1) is 7.08. The molecule has 1 N–H and O–H groups in total. The van der Waals surface area contributed by atoms with Crippen LogP contribution in [0.15, 0.2) is 18.2 Å². The molecule has 0 atom stereocenters. The maximum absolute atomic E-state index is 13.6. The minimum atomic E-state index is -1.09. The van der Waals surface area contributed by atoms with Crippen LogP contribution in [0.4, 0.5) is 4.39 Å². The molecule has 80 valence electrons. The second-order valence-electron chi connectivity index (χ2n) is 3.84. The number of carboxylic acids is 1. The molecule has 0 unspecified atom stereocenters. The van der Waals surface area contributed by atoms with Crippen molar-refractivity contribution in [3.8, 4) is 0 Å². The molecule has 1 aliphatic carbocycles. The average Bonchev–Trinajstić information content (AvgIpc) is 2.07. The lowest BCUT2D eigenvalue weighted by molar-refractivity contribution is -0.147. The smallest absolute Gasteiger partial charge is 0.314 e. The fourth-order valence-corrected chi connectivity index (χ4v) is 2.40. The fourth-order valence-electron chi connectivity index (χ4n) is 2.06. The number of hydrogen-bond acceptors (Lipinski definition) is 1. The van der Waals surface area contributed by atoms with Crippen molar-refractivity contribution in [3.05, 3.63) is 34.6 Å². The maximum atomic E-state index is 13.6. The van der Waals surface area contributed by atoms with Crippen molar-refractivity contribution < 1.29 is 14.3 Å². The summed E-state index contributed by atoms with van der Waals surface area (Å²) in [6.07, 6.45) is 1.73. The van der Waals surface area contributed by atoms with E-state index in [2.05, 4.69) is 0 Å². The second-order valence-corrected chi connectivity index (χ2v) is 4.24. The van der Waals surface area contributed by atoms with Gasteiger partial charge in [0.15, 0.2) is 0 Å². The Kier molecular flexibility index (Phi) is 2.43. The number of rotatable bonds is 2. The lowest BCUT2D eigenvalue weighted by Gasteiger charge is -2.38. The minimum Gasteiger partial charge on any atom is -0.481 e. The maximum Gasteiger partial charge on any atom is 0.314 e. The predicted molar refractivity (Wildman–Crippen MR) is 54.6 cm³/mol. The number of carboxylic acid groups (broad SMARTS) is 1. The number of halogens is 2. The van der Waals surface area contributed by atoms with Crippen LogP contribution in [0, 0.1) is 5.82 Å². The van der Waals surface area contributed by atoms with E-state index in [-0.39, 0.29) is 10.6 Å². The van der Waals surface area contributed by atoms with Crippen LogP contribution in [-0.4, -0.2) is 11.1 Å². The summed E-state index contributed by atoms with van der Waals surface area (Å²) in [5, 5.41) is 9.37. The van der Waals surface area contributed by atoms with E-state index >= 15 is 0 Å². The Balaban J connectivity index is 2.57.